The molecule has 1 fully saturated rings. The van der Waals surface area contributed by atoms with E-state index in [-0.39, 0.29) is 12.1 Å². The van der Waals surface area contributed by atoms with E-state index in [9.17, 15) is 5.11 Å². The van der Waals surface area contributed by atoms with E-state index in [4.69, 9.17) is 5.73 Å². The monoisotopic (exact) mass is 246 g/mol. The quantitative estimate of drug-likeness (QED) is 0.838. The molecule has 1 aliphatic heterocycles. The molecule has 0 aromatic heterocycles. The Kier molecular flexibility index (Phi) is 3.14. The summed E-state index contributed by atoms with van der Waals surface area (Å²) in [6.45, 7) is 2.96. The average molecular weight is 246 g/mol. The second-order valence-corrected chi connectivity index (χ2v) is 5.89. The third-order valence-corrected chi connectivity index (χ3v) is 4.41. The van der Waals surface area contributed by atoms with Gasteiger partial charge in [-0.25, -0.2) is 0 Å². The summed E-state index contributed by atoms with van der Waals surface area (Å²) in [6, 6.07) is 8.63. The summed E-state index contributed by atoms with van der Waals surface area (Å²) in [7, 11) is 0. The van der Waals surface area contributed by atoms with Crippen LogP contribution in [0.2, 0.25) is 0 Å². The van der Waals surface area contributed by atoms with E-state index in [0.717, 1.165) is 26.1 Å². The smallest absolute Gasteiger partial charge is 0.0626 e. The number of nitrogens with zero attached hydrogens (tertiary/aromatic N) is 1. The summed E-state index contributed by atoms with van der Waals surface area (Å²) in [4.78, 5) is 2.40. The van der Waals surface area contributed by atoms with Crippen molar-refractivity contribution in [3.63, 3.8) is 0 Å². The van der Waals surface area contributed by atoms with Crippen LogP contribution in [-0.2, 0) is 13.0 Å². The van der Waals surface area contributed by atoms with Crippen LogP contribution < -0.4 is 5.73 Å². The number of aliphatic hydroxyl groups excluding tert-OH is 1. The molecule has 0 radical (unpaired) electrons. The van der Waals surface area contributed by atoms with E-state index in [1.165, 1.54) is 24.0 Å². The molecule has 1 saturated carbocycles. The highest BCUT2D eigenvalue weighted by atomic mass is 16.3. The molecule has 0 bridgehead atoms. The Bertz CT molecular complexity index is 430. The molecule has 1 atom stereocenters. The number of benzene rings is 1. The standard InChI is InChI=1S/C15H22N2O/c16-15(11-18,14-5-6-14)10-17-8-7-12-3-1-2-4-13(12)9-17/h1-4,14,18H,5-11,16H2. The van der Waals surface area contributed by atoms with Crippen LogP contribution in [0.25, 0.3) is 0 Å². The number of hydrogen-bond donors (Lipinski definition) is 2. The first kappa shape index (κ1) is 12.2. The van der Waals surface area contributed by atoms with E-state index in [0.29, 0.717) is 5.92 Å². The minimum absolute atomic E-state index is 0.107. The van der Waals surface area contributed by atoms with Crippen molar-refractivity contribution in [1.29, 1.82) is 0 Å². The zero-order chi connectivity index (χ0) is 12.6. The maximum atomic E-state index is 9.57. The highest BCUT2D eigenvalue weighted by molar-refractivity contribution is 5.29. The molecule has 18 heavy (non-hydrogen) atoms. The molecular formula is C15H22N2O. The highest BCUT2D eigenvalue weighted by Gasteiger charge is 2.43. The predicted octanol–water partition coefficient (Wildman–Crippen LogP) is 1.14. The second kappa shape index (κ2) is 4.65. The Balaban J connectivity index is 1.69. The van der Waals surface area contributed by atoms with Crippen LogP contribution in [0.15, 0.2) is 24.3 Å². The van der Waals surface area contributed by atoms with Gasteiger partial charge in [-0.05, 0) is 36.3 Å². The summed E-state index contributed by atoms with van der Waals surface area (Å²) in [6.07, 6.45) is 3.46. The number of fused-ring (bicyclic) bond motifs is 1. The number of rotatable bonds is 4. The second-order valence-electron chi connectivity index (χ2n) is 5.89. The highest BCUT2D eigenvalue weighted by Crippen LogP contribution is 2.39. The van der Waals surface area contributed by atoms with Crippen LogP contribution in [0.5, 0.6) is 0 Å². The summed E-state index contributed by atoms with van der Waals surface area (Å²) in [5.41, 5.74) is 8.86. The fraction of sp³-hybridized carbons (Fsp3) is 0.600. The van der Waals surface area contributed by atoms with Gasteiger partial charge in [-0.15, -0.1) is 0 Å². The first-order valence-electron chi connectivity index (χ1n) is 6.90. The van der Waals surface area contributed by atoms with Crippen LogP contribution in [0.3, 0.4) is 0 Å². The van der Waals surface area contributed by atoms with Gasteiger partial charge in [0.15, 0.2) is 0 Å². The van der Waals surface area contributed by atoms with Crippen molar-refractivity contribution in [3.05, 3.63) is 35.4 Å². The molecule has 0 saturated heterocycles. The number of aliphatic hydroxyl groups is 1. The normalized spacial score (nSPS) is 23.4. The molecule has 1 heterocycles. The van der Waals surface area contributed by atoms with E-state index in [1.807, 2.05) is 0 Å². The van der Waals surface area contributed by atoms with Crippen molar-refractivity contribution in [2.45, 2.75) is 31.3 Å². The molecule has 98 valence electrons. The Morgan fingerprint density at radius 3 is 2.67 bits per heavy atom. The lowest BCUT2D eigenvalue weighted by Crippen LogP contribution is -2.55. The Morgan fingerprint density at radius 1 is 1.28 bits per heavy atom. The van der Waals surface area contributed by atoms with Crippen LogP contribution in [-0.4, -0.2) is 35.2 Å². The van der Waals surface area contributed by atoms with Gasteiger partial charge in [0.05, 0.1) is 12.1 Å². The Morgan fingerprint density at radius 2 is 2.00 bits per heavy atom. The van der Waals surface area contributed by atoms with Gasteiger partial charge in [0, 0.05) is 19.6 Å². The third-order valence-electron chi connectivity index (χ3n) is 4.41. The predicted molar refractivity (Wildman–Crippen MR) is 72.2 cm³/mol. The lowest BCUT2D eigenvalue weighted by atomic mass is 9.92. The zero-order valence-electron chi connectivity index (χ0n) is 10.8. The summed E-state index contributed by atoms with van der Waals surface area (Å²) >= 11 is 0. The number of hydrogen-bond acceptors (Lipinski definition) is 3. The van der Waals surface area contributed by atoms with Gasteiger partial charge in [-0.2, -0.15) is 0 Å². The van der Waals surface area contributed by atoms with Gasteiger partial charge in [-0.1, -0.05) is 24.3 Å². The Hall–Kier alpha value is -0.900. The molecule has 1 unspecified atom stereocenters. The molecule has 1 aromatic rings. The van der Waals surface area contributed by atoms with Crippen LogP contribution in [0.1, 0.15) is 24.0 Å². The fourth-order valence-electron chi connectivity index (χ4n) is 3.07. The maximum absolute atomic E-state index is 9.57. The number of nitrogens with two attached hydrogens (primary N) is 1. The molecule has 2 aliphatic rings. The average Bonchev–Trinajstić information content (AvgIpc) is 3.23. The molecule has 0 amide bonds. The van der Waals surface area contributed by atoms with Crippen molar-refractivity contribution < 1.29 is 5.11 Å². The van der Waals surface area contributed by atoms with Crippen LogP contribution in [0, 0.1) is 5.92 Å². The SMILES string of the molecule is NC(CO)(CN1CCc2ccccc2C1)C1CC1. The van der Waals surface area contributed by atoms with Gasteiger partial charge in [0.2, 0.25) is 0 Å². The lowest BCUT2D eigenvalue weighted by Gasteiger charge is -2.37. The van der Waals surface area contributed by atoms with Crippen molar-refractivity contribution in [1.82, 2.24) is 4.90 Å². The minimum atomic E-state index is -0.383. The van der Waals surface area contributed by atoms with E-state index < -0.39 is 0 Å². The van der Waals surface area contributed by atoms with Crippen molar-refractivity contribution in [2.75, 3.05) is 19.7 Å². The molecular weight excluding hydrogens is 224 g/mol. The first-order valence-corrected chi connectivity index (χ1v) is 6.90. The van der Waals surface area contributed by atoms with E-state index >= 15 is 0 Å². The zero-order valence-corrected chi connectivity index (χ0v) is 10.8. The summed E-state index contributed by atoms with van der Waals surface area (Å²) in [5, 5.41) is 9.57. The van der Waals surface area contributed by atoms with Gasteiger partial charge in [-0.3, -0.25) is 4.90 Å². The maximum Gasteiger partial charge on any atom is 0.0626 e. The molecule has 1 aromatic carbocycles. The first-order chi connectivity index (χ1) is 8.71. The molecule has 3 rings (SSSR count). The van der Waals surface area contributed by atoms with Gasteiger partial charge in [0.1, 0.15) is 0 Å². The summed E-state index contributed by atoms with van der Waals surface area (Å²) in [5.74, 6) is 0.527. The third kappa shape index (κ3) is 2.30. The van der Waals surface area contributed by atoms with Crippen LogP contribution in [0.4, 0.5) is 0 Å². The molecule has 1 aliphatic carbocycles. The van der Waals surface area contributed by atoms with Crippen LogP contribution >= 0.6 is 0 Å². The van der Waals surface area contributed by atoms with Gasteiger partial charge < -0.3 is 10.8 Å². The van der Waals surface area contributed by atoms with Crippen molar-refractivity contribution >= 4 is 0 Å². The van der Waals surface area contributed by atoms with E-state index in [1.54, 1.807) is 0 Å². The molecule has 0 spiro atoms. The van der Waals surface area contributed by atoms with Gasteiger partial charge in [0.25, 0.3) is 0 Å². The van der Waals surface area contributed by atoms with Gasteiger partial charge >= 0.3 is 0 Å². The Labute approximate surface area is 109 Å². The lowest BCUT2D eigenvalue weighted by molar-refractivity contribution is 0.114. The molecule has 3 heteroatoms. The minimum Gasteiger partial charge on any atom is -0.394 e. The fourth-order valence-corrected chi connectivity index (χ4v) is 3.07. The summed E-state index contributed by atoms with van der Waals surface area (Å²) < 4.78 is 0. The molecule has 3 N–H and O–H groups in total. The topological polar surface area (TPSA) is 49.5 Å². The van der Waals surface area contributed by atoms with Crippen molar-refractivity contribution in [3.8, 4) is 0 Å². The largest absolute Gasteiger partial charge is 0.394 e. The molecule has 3 nitrogen and oxygen atoms in total. The van der Waals surface area contributed by atoms with Crippen molar-refractivity contribution in [2.24, 2.45) is 11.7 Å². The van der Waals surface area contributed by atoms with E-state index in [2.05, 4.69) is 29.2 Å².